The van der Waals surface area contributed by atoms with E-state index >= 15 is 0 Å². The summed E-state index contributed by atoms with van der Waals surface area (Å²) in [7, 11) is 0. The minimum absolute atomic E-state index is 0.00338. The summed E-state index contributed by atoms with van der Waals surface area (Å²) < 4.78 is 0. The average Bonchev–Trinajstić information content (AvgIpc) is 2.98. The largest absolute Gasteiger partial charge is 0.391 e. The van der Waals surface area contributed by atoms with Gasteiger partial charge in [0.05, 0.1) is 12.1 Å². The molecule has 25 heavy (non-hydrogen) atoms. The minimum Gasteiger partial charge on any atom is -0.391 e. The van der Waals surface area contributed by atoms with Gasteiger partial charge in [0.25, 0.3) is 5.91 Å². The lowest BCUT2D eigenvalue weighted by molar-refractivity contribution is 0.0683. The van der Waals surface area contributed by atoms with Crippen LogP contribution in [0.4, 0.5) is 0 Å². The highest BCUT2D eigenvalue weighted by Gasteiger charge is 2.33. The molecule has 0 bridgehead atoms. The maximum absolute atomic E-state index is 12.5. The van der Waals surface area contributed by atoms with Gasteiger partial charge in [-0.2, -0.15) is 0 Å². The first-order chi connectivity index (χ1) is 12.2. The van der Waals surface area contributed by atoms with E-state index < -0.39 is 0 Å². The minimum atomic E-state index is -0.367. The van der Waals surface area contributed by atoms with Gasteiger partial charge >= 0.3 is 0 Å². The summed E-state index contributed by atoms with van der Waals surface area (Å²) in [5, 5.41) is 14.0. The van der Waals surface area contributed by atoms with Crippen LogP contribution in [0.25, 0.3) is 0 Å². The zero-order valence-electron chi connectivity index (χ0n) is 14.1. The molecule has 1 aliphatic carbocycles. The van der Waals surface area contributed by atoms with Crippen molar-refractivity contribution in [2.75, 3.05) is 13.1 Å². The highest BCUT2D eigenvalue weighted by atomic mass is 16.3. The average molecular weight is 337 g/mol. The number of amides is 1. The number of fused-ring (bicyclic) bond motifs is 1. The first-order valence-corrected chi connectivity index (χ1v) is 8.93. The molecular weight excluding hydrogens is 314 g/mol. The number of pyridine rings is 1. The highest BCUT2D eigenvalue weighted by Crippen LogP contribution is 2.32. The number of carbonyl (C=O) groups excluding carboxylic acids is 1. The van der Waals surface area contributed by atoms with Crippen LogP contribution < -0.4 is 5.32 Å². The van der Waals surface area contributed by atoms with Crippen LogP contribution in [0.1, 0.15) is 40.4 Å². The van der Waals surface area contributed by atoms with E-state index in [4.69, 9.17) is 0 Å². The molecule has 0 spiro atoms. The Kier molecular flexibility index (Phi) is 4.51. The maximum atomic E-state index is 12.5. The first-order valence-electron chi connectivity index (χ1n) is 8.93. The molecule has 130 valence electrons. The summed E-state index contributed by atoms with van der Waals surface area (Å²) in [6.45, 7) is 1.48. The normalized spacial score (nSPS) is 23.5. The molecule has 2 heterocycles. The fourth-order valence-electron chi connectivity index (χ4n) is 3.96. The Morgan fingerprint density at radius 2 is 1.84 bits per heavy atom. The standard InChI is InChI=1S/C20H23N3O2/c24-18-13-15-3-1-2-4-17(15)19(18)22-16-7-11-23(12-8-16)20(25)14-5-9-21-10-6-14/h1-6,9-10,16,18-19,22,24H,7-8,11-13H2/t18-,19+/m0/s1. The van der Waals surface area contributed by atoms with Crippen molar-refractivity contribution in [2.24, 2.45) is 0 Å². The van der Waals surface area contributed by atoms with Gasteiger partial charge in [-0.05, 0) is 36.1 Å². The Morgan fingerprint density at radius 1 is 1.12 bits per heavy atom. The van der Waals surface area contributed by atoms with E-state index in [1.165, 1.54) is 11.1 Å². The summed E-state index contributed by atoms with van der Waals surface area (Å²) in [6, 6.07) is 12.1. The molecule has 2 aliphatic rings. The van der Waals surface area contributed by atoms with Crippen LogP contribution >= 0.6 is 0 Å². The van der Waals surface area contributed by atoms with Gasteiger partial charge in [-0.1, -0.05) is 24.3 Å². The fraction of sp³-hybridized carbons (Fsp3) is 0.400. The van der Waals surface area contributed by atoms with Crippen molar-refractivity contribution in [3.63, 3.8) is 0 Å². The number of aliphatic hydroxyl groups excluding tert-OH is 1. The Morgan fingerprint density at radius 3 is 2.60 bits per heavy atom. The predicted octanol–water partition coefficient (Wildman–Crippen LogP) is 1.93. The van der Waals surface area contributed by atoms with E-state index in [0.29, 0.717) is 18.0 Å². The van der Waals surface area contributed by atoms with E-state index in [-0.39, 0.29) is 18.1 Å². The number of nitrogens with zero attached hydrogens (tertiary/aromatic N) is 2. The summed E-state index contributed by atoms with van der Waals surface area (Å²) in [6.07, 6.45) is 5.47. The fourth-order valence-corrected chi connectivity index (χ4v) is 3.96. The number of hydrogen-bond donors (Lipinski definition) is 2. The van der Waals surface area contributed by atoms with Crippen molar-refractivity contribution in [1.29, 1.82) is 0 Å². The third-order valence-corrected chi connectivity index (χ3v) is 5.33. The number of nitrogens with one attached hydrogen (secondary N) is 1. The molecule has 1 fully saturated rings. The molecule has 2 N–H and O–H groups in total. The molecule has 1 aromatic carbocycles. The molecule has 1 aromatic heterocycles. The van der Waals surface area contributed by atoms with Crippen LogP contribution in [-0.2, 0) is 6.42 Å². The second kappa shape index (κ2) is 6.94. The van der Waals surface area contributed by atoms with E-state index in [1.54, 1.807) is 24.5 Å². The van der Waals surface area contributed by atoms with Gasteiger partial charge in [0.15, 0.2) is 0 Å². The molecule has 5 nitrogen and oxygen atoms in total. The van der Waals surface area contributed by atoms with Gasteiger partial charge in [0.1, 0.15) is 0 Å². The zero-order chi connectivity index (χ0) is 17.2. The van der Waals surface area contributed by atoms with Crippen LogP contribution in [0.2, 0.25) is 0 Å². The van der Waals surface area contributed by atoms with Crippen molar-refractivity contribution >= 4 is 5.91 Å². The van der Waals surface area contributed by atoms with Gasteiger partial charge < -0.3 is 15.3 Å². The Labute approximate surface area is 147 Å². The van der Waals surface area contributed by atoms with Crippen LogP contribution in [0.15, 0.2) is 48.8 Å². The van der Waals surface area contributed by atoms with Gasteiger partial charge in [-0.3, -0.25) is 9.78 Å². The molecule has 4 rings (SSSR count). The third kappa shape index (κ3) is 3.30. The van der Waals surface area contributed by atoms with Gasteiger partial charge in [-0.15, -0.1) is 0 Å². The lowest BCUT2D eigenvalue weighted by Gasteiger charge is -2.34. The lowest BCUT2D eigenvalue weighted by Crippen LogP contribution is -2.47. The second-order valence-electron chi connectivity index (χ2n) is 6.92. The van der Waals surface area contributed by atoms with Crippen molar-refractivity contribution < 1.29 is 9.90 Å². The topological polar surface area (TPSA) is 65.5 Å². The van der Waals surface area contributed by atoms with Crippen molar-refractivity contribution in [1.82, 2.24) is 15.2 Å². The molecule has 0 unspecified atom stereocenters. The third-order valence-electron chi connectivity index (χ3n) is 5.33. The quantitative estimate of drug-likeness (QED) is 0.898. The smallest absolute Gasteiger partial charge is 0.253 e. The molecule has 1 saturated heterocycles. The van der Waals surface area contributed by atoms with Crippen LogP contribution in [0.3, 0.4) is 0 Å². The SMILES string of the molecule is O=C(c1ccncc1)N1CCC(N[C@@H]2c3ccccc3C[C@@H]2O)CC1. The predicted molar refractivity (Wildman–Crippen MR) is 95.2 cm³/mol. The Bertz CT molecular complexity index is 742. The first kappa shape index (κ1) is 16.2. The zero-order valence-corrected chi connectivity index (χ0v) is 14.1. The molecular formula is C20H23N3O2. The summed E-state index contributed by atoms with van der Waals surface area (Å²) in [4.78, 5) is 18.4. The molecule has 0 saturated carbocycles. The summed E-state index contributed by atoms with van der Waals surface area (Å²) in [5.41, 5.74) is 3.14. The number of likely N-dealkylation sites (tertiary alicyclic amines) is 1. The van der Waals surface area contributed by atoms with Crippen LogP contribution in [0.5, 0.6) is 0 Å². The van der Waals surface area contributed by atoms with E-state index in [2.05, 4.69) is 22.4 Å². The highest BCUT2D eigenvalue weighted by molar-refractivity contribution is 5.94. The van der Waals surface area contributed by atoms with Gasteiger partial charge in [-0.25, -0.2) is 0 Å². The molecule has 1 aliphatic heterocycles. The number of benzene rings is 1. The molecule has 5 heteroatoms. The van der Waals surface area contributed by atoms with Crippen molar-refractivity contribution in [2.45, 2.75) is 37.5 Å². The van der Waals surface area contributed by atoms with Gasteiger partial charge in [0.2, 0.25) is 0 Å². The number of aliphatic hydroxyl groups is 1. The number of rotatable bonds is 3. The number of piperidine rings is 1. The monoisotopic (exact) mass is 337 g/mol. The van der Waals surface area contributed by atoms with E-state index in [1.807, 2.05) is 17.0 Å². The second-order valence-corrected chi connectivity index (χ2v) is 6.92. The molecule has 2 atom stereocenters. The van der Waals surface area contributed by atoms with E-state index in [9.17, 15) is 9.90 Å². The van der Waals surface area contributed by atoms with Crippen molar-refractivity contribution in [3.05, 3.63) is 65.5 Å². The number of carbonyl (C=O) groups is 1. The Hall–Kier alpha value is -2.24. The molecule has 1 amide bonds. The molecule has 0 radical (unpaired) electrons. The maximum Gasteiger partial charge on any atom is 0.253 e. The number of aromatic nitrogens is 1. The Balaban J connectivity index is 1.36. The van der Waals surface area contributed by atoms with E-state index in [0.717, 1.165) is 25.9 Å². The van der Waals surface area contributed by atoms with Crippen LogP contribution in [-0.4, -0.2) is 46.1 Å². The summed E-state index contributed by atoms with van der Waals surface area (Å²) in [5.74, 6) is 0.0760. The van der Waals surface area contributed by atoms with Crippen LogP contribution in [0, 0.1) is 0 Å². The van der Waals surface area contributed by atoms with Crippen molar-refractivity contribution in [3.8, 4) is 0 Å². The lowest BCUT2D eigenvalue weighted by atomic mass is 10.0. The number of hydrogen-bond acceptors (Lipinski definition) is 4. The summed E-state index contributed by atoms with van der Waals surface area (Å²) >= 11 is 0. The van der Waals surface area contributed by atoms with Gasteiger partial charge in [0, 0.05) is 43.5 Å². The molecule has 2 aromatic rings.